The number of fused-ring (bicyclic) bond motifs is 1. The van der Waals surface area contributed by atoms with Crippen LogP contribution in [0.15, 0.2) is 113 Å². The van der Waals surface area contributed by atoms with E-state index in [0.717, 1.165) is 59.7 Å². The van der Waals surface area contributed by atoms with E-state index >= 15 is 0 Å². The van der Waals surface area contributed by atoms with Crippen LogP contribution in [-0.2, 0) is 17.9 Å². The van der Waals surface area contributed by atoms with Gasteiger partial charge in [-0.15, -0.1) is 0 Å². The highest BCUT2D eigenvalue weighted by Crippen LogP contribution is 2.42. The Bertz CT molecular complexity index is 1590. The summed E-state index contributed by atoms with van der Waals surface area (Å²) in [7, 11) is 0. The van der Waals surface area contributed by atoms with Crippen LogP contribution in [0.3, 0.4) is 0 Å². The van der Waals surface area contributed by atoms with E-state index in [1.54, 1.807) is 0 Å². The Hall–Kier alpha value is -3.64. The maximum Gasteiger partial charge on any atom is 0.265 e. The summed E-state index contributed by atoms with van der Waals surface area (Å²) < 4.78 is 0. The molecule has 0 aliphatic carbocycles. The zero-order valence-electron chi connectivity index (χ0n) is 25.3. The van der Waals surface area contributed by atoms with Gasteiger partial charge in [-0.25, -0.2) is 0 Å². The lowest BCUT2D eigenvalue weighted by Gasteiger charge is -2.30. The molecule has 0 unspecified atom stereocenters. The number of hydrogen-bond donors (Lipinski definition) is 0. The molecule has 4 aromatic carbocycles. The van der Waals surface area contributed by atoms with Crippen LogP contribution in [0, 0.1) is 0 Å². The molecule has 0 saturated heterocycles. The van der Waals surface area contributed by atoms with Crippen molar-refractivity contribution in [1.82, 2.24) is 4.90 Å². The lowest BCUT2D eigenvalue weighted by molar-refractivity contribution is -0.114. The van der Waals surface area contributed by atoms with Gasteiger partial charge in [0.05, 0.1) is 17.1 Å². The number of nitrogens with zero attached hydrogens (tertiary/aromatic N) is 2. The molecule has 0 aromatic heterocycles. The number of rotatable bonds is 14. The molecule has 0 bridgehead atoms. The molecule has 6 heteroatoms. The average molecular weight is 623 g/mol. The fraction of sp³-hybridized carbons (Fsp3) is 0.263. The largest absolute Gasteiger partial charge is 0.302 e. The summed E-state index contributed by atoms with van der Waals surface area (Å²) >= 11 is 7.70. The molecule has 0 fully saturated rings. The van der Waals surface area contributed by atoms with Gasteiger partial charge < -0.3 is 4.90 Å². The van der Waals surface area contributed by atoms with Crippen molar-refractivity contribution in [2.75, 3.05) is 18.0 Å². The summed E-state index contributed by atoms with van der Waals surface area (Å²) in [4.78, 5) is 32.6. The third-order valence-electron chi connectivity index (χ3n) is 7.80. The first-order chi connectivity index (χ1) is 21.5. The second kappa shape index (κ2) is 15.9. The van der Waals surface area contributed by atoms with Gasteiger partial charge in [-0.2, -0.15) is 0 Å². The van der Waals surface area contributed by atoms with Gasteiger partial charge in [-0.05, 0) is 79.4 Å². The highest BCUT2D eigenvalue weighted by atomic mass is 35.5. The normalized spacial score (nSPS) is 13.8. The molecule has 1 aliphatic rings. The Balaban J connectivity index is 1.19. The highest BCUT2D eigenvalue weighted by molar-refractivity contribution is 8.04. The number of carbonyl (C=O) groups excluding carboxylic acids is 2. The molecule has 0 radical (unpaired) electrons. The van der Waals surface area contributed by atoms with Gasteiger partial charge in [0.25, 0.3) is 5.91 Å². The minimum absolute atomic E-state index is 0.0472. The fourth-order valence-electron chi connectivity index (χ4n) is 5.41. The van der Waals surface area contributed by atoms with Crippen molar-refractivity contribution in [1.29, 1.82) is 0 Å². The lowest BCUT2D eigenvalue weighted by Crippen LogP contribution is -2.33. The van der Waals surface area contributed by atoms with E-state index in [-0.39, 0.29) is 11.7 Å². The molecule has 4 nitrogen and oxygen atoms in total. The summed E-state index contributed by atoms with van der Waals surface area (Å²) in [6, 6.07) is 33.8. The Kier molecular flexibility index (Phi) is 11.5. The molecule has 1 heterocycles. The van der Waals surface area contributed by atoms with Crippen LogP contribution in [0.4, 0.5) is 5.69 Å². The van der Waals surface area contributed by atoms with E-state index in [1.165, 1.54) is 30.2 Å². The number of ketones is 1. The minimum Gasteiger partial charge on any atom is -0.302 e. The number of thioether (sulfide) groups is 1. The van der Waals surface area contributed by atoms with E-state index in [9.17, 15) is 9.59 Å². The van der Waals surface area contributed by atoms with Crippen LogP contribution in [0.25, 0.3) is 6.08 Å². The molecule has 1 amide bonds. The van der Waals surface area contributed by atoms with E-state index in [0.29, 0.717) is 22.9 Å². The van der Waals surface area contributed by atoms with Gasteiger partial charge in [0.2, 0.25) is 0 Å². The zero-order valence-corrected chi connectivity index (χ0v) is 26.8. The van der Waals surface area contributed by atoms with E-state index < -0.39 is 0 Å². The molecule has 0 N–H and O–H groups in total. The SMILES string of the molecule is CCCCN(CCCCC(=O)c1ccc(/C=C2/Sc3ccccc3N(Cc3cccc(Cl)c3)C2=O)cc1)Cc1ccccc1. The van der Waals surface area contributed by atoms with Crippen LogP contribution in [0.5, 0.6) is 0 Å². The van der Waals surface area contributed by atoms with Crippen LogP contribution in [-0.4, -0.2) is 29.7 Å². The fourth-order valence-corrected chi connectivity index (χ4v) is 6.68. The van der Waals surface area contributed by atoms with Crippen molar-refractivity contribution >= 4 is 46.8 Å². The van der Waals surface area contributed by atoms with Gasteiger partial charge >= 0.3 is 0 Å². The maximum absolute atomic E-state index is 13.7. The van der Waals surface area contributed by atoms with Crippen molar-refractivity contribution in [3.63, 3.8) is 0 Å². The standard InChI is InChI=1S/C38H39ClN2O2S/c1-2-3-23-40(27-30-12-5-4-6-13-30)24-10-9-17-35(42)32-21-19-29(20-22-32)26-37-38(43)41(28-31-14-11-15-33(39)25-31)34-16-7-8-18-36(34)44-37/h4-8,11-16,18-22,25-26H,2-3,9-10,17,23-24,27-28H2,1H3/b37-26+. The van der Waals surface area contributed by atoms with Gasteiger partial charge in [0, 0.05) is 28.4 Å². The van der Waals surface area contributed by atoms with Gasteiger partial charge in [0.1, 0.15) is 0 Å². The first-order valence-electron chi connectivity index (χ1n) is 15.4. The Morgan fingerprint density at radius 3 is 2.34 bits per heavy atom. The quantitative estimate of drug-likeness (QED) is 0.0797. The molecule has 0 atom stereocenters. The molecular weight excluding hydrogens is 584 g/mol. The molecule has 0 saturated carbocycles. The van der Waals surface area contributed by atoms with Crippen molar-refractivity contribution in [2.24, 2.45) is 0 Å². The van der Waals surface area contributed by atoms with E-state index in [1.807, 2.05) is 83.8 Å². The molecule has 1 aliphatic heterocycles. The Morgan fingerprint density at radius 1 is 0.841 bits per heavy atom. The summed E-state index contributed by atoms with van der Waals surface area (Å²) in [5.41, 5.74) is 4.82. The van der Waals surface area contributed by atoms with Crippen molar-refractivity contribution in [3.05, 3.63) is 135 Å². The van der Waals surface area contributed by atoms with Crippen LogP contribution >= 0.6 is 23.4 Å². The third kappa shape index (κ3) is 8.72. The number of halogens is 1. The predicted molar refractivity (Wildman–Crippen MR) is 184 cm³/mol. The molecule has 226 valence electrons. The van der Waals surface area contributed by atoms with Gasteiger partial charge in [-0.1, -0.05) is 116 Å². The summed E-state index contributed by atoms with van der Waals surface area (Å²) in [6.07, 6.45) is 6.69. The summed E-state index contributed by atoms with van der Waals surface area (Å²) in [5.74, 6) is 0.117. The summed E-state index contributed by atoms with van der Waals surface area (Å²) in [5, 5.41) is 0.650. The third-order valence-corrected chi connectivity index (χ3v) is 9.11. The second-order valence-corrected chi connectivity index (χ2v) is 12.7. The van der Waals surface area contributed by atoms with Crippen LogP contribution in [0.1, 0.15) is 66.1 Å². The van der Waals surface area contributed by atoms with Gasteiger partial charge in [0.15, 0.2) is 5.78 Å². The number of Topliss-reactive ketones (excluding diaryl/α,β-unsaturated/α-hetero) is 1. The molecule has 44 heavy (non-hydrogen) atoms. The number of unbranched alkanes of at least 4 members (excludes halogenated alkanes) is 2. The lowest BCUT2D eigenvalue weighted by atomic mass is 10.0. The van der Waals surface area contributed by atoms with Crippen LogP contribution in [0.2, 0.25) is 5.02 Å². The second-order valence-electron chi connectivity index (χ2n) is 11.2. The van der Waals surface area contributed by atoms with Crippen molar-refractivity contribution in [3.8, 4) is 0 Å². The molecule has 4 aromatic rings. The van der Waals surface area contributed by atoms with E-state index in [2.05, 4.69) is 42.2 Å². The monoisotopic (exact) mass is 622 g/mol. The number of benzene rings is 4. The van der Waals surface area contributed by atoms with Crippen molar-refractivity contribution in [2.45, 2.75) is 57.0 Å². The number of amides is 1. The summed E-state index contributed by atoms with van der Waals surface area (Å²) in [6.45, 7) is 5.70. The molecular formula is C38H39ClN2O2S. The van der Waals surface area contributed by atoms with E-state index in [4.69, 9.17) is 11.6 Å². The van der Waals surface area contributed by atoms with Crippen molar-refractivity contribution < 1.29 is 9.59 Å². The average Bonchev–Trinajstić information content (AvgIpc) is 3.04. The minimum atomic E-state index is -0.0472. The first-order valence-corrected chi connectivity index (χ1v) is 16.6. The first kappa shape index (κ1) is 31.8. The molecule has 5 rings (SSSR count). The number of para-hydroxylation sites is 1. The smallest absolute Gasteiger partial charge is 0.265 e. The molecule has 0 spiro atoms. The Labute approximate surface area is 270 Å². The number of anilines is 1. The van der Waals surface area contributed by atoms with Crippen LogP contribution < -0.4 is 4.90 Å². The number of hydrogen-bond acceptors (Lipinski definition) is 4. The number of carbonyl (C=O) groups is 2. The predicted octanol–water partition coefficient (Wildman–Crippen LogP) is 9.68. The highest BCUT2D eigenvalue weighted by Gasteiger charge is 2.29. The maximum atomic E-state index is 13.7. The van der Waals surface area contributed by atoms with Gasteiger partial charge in [-0.3, -0.25) is 14.5 Å². The zero-order chi connectivity index (χ0) is 30.7. The topological polar surface area (TPSA) is 40.6 Å². The Morgan fingerprint density at radius 2 is 1.57 bits per heavy atom.